The smallest absolute Gasteiger partial charge is 0.435 e. The fraction of sp³-hybridized carbons (Fsp3) is 0.209. The van der Waals surface area contributed by atoms with Crippen molar-refractivity contribution >= 4 is 42.9 Å². The Labute approximate surface area is 363 Å². The van der Waals surface area contributed by atoms with E-state index < -0.39 is 21.9 Å². The molecule has 0 aliphatic heterocycles. The molecule has 3 aromatic heterocycles. The van der Waals surface area contributed by atoms with Gasteiger partial charge in [0.25, 0.3) is 0 Å². The topological polar surface area (TPSA) is 185 Å². The number of rotatable bonds is 9. The van der Waals surface area contributed by atoms with E-state index in [2.05, 4.69) is 28.9 Å². The Morgan fingerprint density at radius 1 is 0.770 bits per heavy atom. The summed E-state index contributed by atoms with van der Waals surface area (Å²) < 4.78 is 64.1. The minimum atomic E-state index is -4.61. The molecule has 11 nitrogen and oxygen atoms in total. The van der Waals surface area contributed by atoms with Crippen molar-refractivity contribution in [3.05, 3.63) is 141 Å². The molecule has 0 aliphatic carbocycles. The highest BCUT2D eigenvalue weighted by molar-refractivity contribution is 7.89. The number of hydrogen-bond donors (Lipinski definition) is 5. The van der Waals surface area contributed by atoms with Crippen molar-refractivity contribution in [2.24, 2.45) is 17.0 Å². The molecule has 4 aromatic carbocycles. The summed E-state index contributed by atoms with van der Waals surface area (Å²) in [7, 11) is -0.618. The second-order valence-corrected chi connectivity index (χ2v) is 18.6. The molecular weight excluding hydrogens is 868 g/mol. The predicted molar refractivity (Wildman–Crippen MR) is 234 cm³/mol. The standard InChI is InChI=1S/C18H22O4.C17H14F3N3O2S.C8H6N2S3/c1-11(7-13-3-5-15(19)17(21)9-13)12(2)8-14-4-6-16(20)18(22)10-14;1-11-2-4-12(5-3-11)15-10-16(17(18,19)20)22-23(15)13-6-8-14(9-7-13)26(21,24)25;1-5-7(12-13-8(5)11)6-4-9-2-3-10-6/h3-6,9-12,19-22H,7-8H2,1-2H3;2-10H,1H3,(H2,21,24,25);2-4H,1H3/t11-,12+;;. The van der Waals surface area contributed by atoms with Crippen LogP contribution in [-0.4, -0.2) is 48.6 Å². The van der Waals surface area contributed by atoms with E-state index in [-0.39, 0.29) is 39.3 Å². The summed E-state index contributed by atoms with van der Waals surface area (Å²) in [6, 6.07) is 22.9. The number of benzene rings is 4. The molecule has 7 aromatic rings. The zero-order valence-corrected chi connectivity index (χ0v) is 36.5. The van der Waals surface area contributed by atoms with Crippen molar-refractivity contribution in [1.29, 1.82) is 0 Å². The number of aromatic hydroxyl groups is 4. The molecule has 2 atom stereocenters. The van der Waals surface area contributed by atoms with Crippen LogP contribution in [0.3, 0.4) is 0 Å². The van der Waals surface area contributed by atoms with E-state index >= 15 is 0 Å². The third-order valence-electron chi connectivity index (χ3n) is 9.57. The zero-order valence-electron chi connectivity index (χ0n) is 33.2. The largest absolute Gasteiger partial charge is 0.504 e. The first-order chi connectivity index (χ1) is 28.7. The first-order valence-electron chi connectivity index (χ1n) is 18.5. The maximum atomic E-state index is 13.1. The molecule has 0 bridgehead atoms. The Kier molecular flexibility index (Phi) is 15.1. The third kappa shape index (κ3) is 12.5. The fourth-order valence-corrected chi connectivity index (χ4v) is 9.25. The van der Waals surface area contributed by atoms with Gasteiger partial charge in [-0.15, -0.1) is 0 Å². The summed E-state index contributed by atoms with van der Waals surface area (Å²) in [6.45, 7) is 8.16. The predicted octanol–water partition coefficient (Wildman–Crippen LogP) is 10.4. The summed E-state index contributed by atoms with van der Waals surface area (Å²) >= 11 is 5.15. The van der Waals surface area contributed by atoms with Gasteiger partial charge in [0.15, 0.2) is 28.7 Å². The van der Waals surface area contributed by atoms with Gasteiger partial charge in [0, 0.05) is 18.0 Å². The second kappa shape index (κ2) is 19.8. The van der Waals surface area contributed by atoms with Crippen LogP contribution >= 0.6 is 32.9 Å². The van der Waals surface area contributed by atoms with Crippen LogP contribution in [-0.2, 0) is 29.0 Å². The molecule has 18 heteroatoms. The van der Waals surface area contributed by atoms with Crippen LogP contribution in [0, 0.1) is 29.5 Å². The SMILES string of the molecule is C[C@H](Cc1ccc(O)c(O)c1)[C@@H](C)Cc1ccc(O)c(O)c1.Cc1c(-c2cnccn2)ssc1=S.Cc1ccc(-c2cc(C(F)(F)F)nn2-c2ccc(S(N)(=O)=O)cc2)cc1. The van der Waals surface area contributed by atoms with Crippen molar-refractivity contribution in [3.8, 4) is 50.5 Å². The Balaban J connectivity index is 0.000000182. The molecule has 320 valence electrons. The summed E-state index contributed by atoms with van der Waals surface area (Å²) in [5.41, 5.74) is 5.00. The molecule has 0 amide bonds. The van der Waals surface area contributed by atoms with Crippen molar-refractivity contribution in [3.63, 3.8) is 0 Å². The van der Waals surface area contributed by atoms with E-state index in [1.165, 1.54) is 36.4 Å². The number of alkyl halides is 3. The highest BCUT2D eigenvalue weighted by Crippen LogP contribution is 2.35. The van der Waals surface area contributed by atoms with Gasteiger partial charge in [-0.3, -0.25) is 9.97 Å². The molecule has 0 fully saturated rings. The van der Waals surface area contributed by atoms with E-state index in [9.17, 15) is 42.0 Å². The number of halogens is 3. The van der Waals surface area contributed by atoms with Crippen molar-refractivity contribution < 1.29 is 42.0 Å². The number of phenols is 4. The fourth-order valence-electron chi connectivity index (χ4n) is 5.91. The van der Waals surface area contributed by atoms with Gasteiger partial charge in [0.05, 0.1) is 33.0 Å². The van der Waals surface area contributed by atoms with Crippen molar-refractivity contribution in [2.75, 3.05) is 0 Å². The zero-order chi connectivity index (χ0) is 44.6. The van der Waals surface area contributed by atoms with Crippen LogP contribution in [0.1, 0.15) is 41.8 Å². The number of hydrogen-bond acceptors (Lipinski definition) is 12. The minimum Gasteiger partial charge on any atom is -0.504 e. The summed E-state index contributed by atoms with van der Waals surface area (Å²) in [5.74, 6) is 0.314. The lowest BCUT2D eigenvalue weighted by atomic mass is 9.85. The van der Waals surface area contributed by atoms with Crippen LogP contribution < -0.4 is 5.14 Å². The summed E-state index contributed by atoms with van der Waals surface area (Å²) in [6.07, 6.45) is 2.11. The van der Waals surface area contributed by atoms with Gasteiger partial charge in [0.1, 0.15) is 3.82 Å². The number of nitrogens with zero attached hydrogens (tertiary/aromatic N) is 4. The van der Waals surface area contributed by atoms with Crippen molar-refractivity contribution in [2.45, 2.75) is 51.6 Å². The van der Waals surface area contributed by atoms with Gasteiger partial charge >= 0.3 is 6.18 Å². The van der Waals surface area contributed by atoms with Crippen LogP contribution in [0.15, 0.2) is 114 Å². The minimum absolute atomic E-state index is 0.0965. The molecule has 0 spiro atoms. The molecular formula is C43H42F3N5O6S4. The highest BCUT2D eigenvalue weighted by atomic mass is 32.9. The van der Waals surface area contributed by atoms with E-state index in [1.807, 2.05) is 26.0 Å². The molecule has 0 aliphatic rings. The number of phenolic OH excluding ortho intramolecular Hbond substituents is 4. The molecule has 3 heterocycles. The molecule has 0 unspecified atom stereocenters. The molecule has 0 saturated carbocycles. The van der Waals surface area contributed by atoms with Gasteiger partial charge in [-0.05, 0) is 110 Å². The number of aromatic nitrogens is 4. The van der Waals surface area contributed by atoms with Gasteiger partial charge in [-0.2, -0.15) is 18.3 Å². The monoisotopic (exact) mass is 909 g/mol. The van der Waals surface area contributed by atoms with E-state index in [4.69, 9.17) is 17.4 Å². The average Bonchev–Trinajstić information content (AvgIpc) is 3.82. The van der Waals surface area contributed by atoms with Gasteiger partial charge < -0.3 is 20.4 Å². The first-order valence-corrected chi connectivity index (χ1v) is 22.6. The maximum absolute atomic E-state index is 13.1. The Bertz CT molecular complexity index is 2680. The molecule has 0 radical (unpaired) electrons. The summed E-state index contributed by atoms with van der Waals surface area (Å²) in [5, 5.41) is 46.5. The average molecular weight is 910 g/mol. The molecule has 0 saturated heterocycles. The number of sulfonamides is 1. The molecule has 7 rings (SSSR count). The van der Waals surface area contributed by atoms with Gasteiger partial charge in [-0.1, -0.05) is 88.7 Å². The number of primary sulfonamides is 1. The molecule has 61 heavy (non-hydrogen) atoms. The Morgan fingerprint density at radius 2 is 1.33 bits per heavy atom. The lowest BCUT2D eigenvalue weighted by molar-refractivity contribution is -0.141. The lowest BCUT2D eigenvalue weighted by Crippen LogP contribution is -2.13. The van der Waals surface area contributed by atoms with Crippen LogP contribution in [0.5, 0.6) is 23.0 Å². The van der Waals surface area contributed by atoms with E-state index in [0.717, 1.165) is 60.2 Å². The van der Waals surface area contributed by atoms with E-state index in [1.54, 1.807) is 75.7 Å². The highest BCUT2D eigenvalue weighted by Gasteiger charge is 2.35. The van der Waals surface area contributed by atoms with Gasteiger partial charge in [0.2, 0.25) is 10.0 Å². The lowest BCUT2D eigenvalue weighted by Gasteiger charge is -2.20. The Hall–Kier alpha value is -5.66. The van der Waals surface area contributed by atoms with Gasteiger partial charge in [-0.25, -0.2) is 18.2 Å². The third-order valence-corrected chi connectivity index (χ3v) is 13.8. The van der Waals surface area contributed by atoms with Crippen LogP contribution in [0.4, 0.5) is 13.2 Å². The Morgan fingerprint density at radius 3 is 1.77 bits per heavy atom. The second-order valence-electron chi connectivity index (χ2n) is 14.2. The molecule has 6 N–H and O–H groups in total. The van der Waals surface area contributed by atoms with Crippen molar-refractivity contribution in [1.82, 2.24) is 19.7 Å². The first kappa shape index (κ1) is 46.4. The van der Waals surface area contributed by atoms with Crippen LogP contribution in [0.25, 0.3) is 27.5 Å². The summed E-state index contributed by atoms with van der Waals surface area (Å²) in [4.78, 5) is 9.26. The number of nitrogens with two attached hydrogens (primary N) is 1. The quantitative estimate of drug-likeness (QED) is 0.0530. The normalized spacial score (nSPS) is 12.4. The van der Waals surface area contributed by atoms with Crippen LogP contribution in [0.2, 0.25) is 0 Å². The number of aryl methyl sites for hydroxylation is 1. The maximum Gasteiger partial charge on any atom is 0.435 e. The van der Waals surface area contributed by atoms with E-state index in [0.29, 0.717) is 17.4 Å².